The molecule has 1 heterocycles. The summed E-state index contributed by atoms with van der Waals surface area (Å²) in [5.41, 5.74) is 0.921. The summed E-state index contributed by atoms with van der Waals surface area (Å²) < 4.78 is 5.57. The molecule has 1 fully saturated rings. The molecule has 0 amide bonds. The first-order chi connectivity index (χ1) is 9.16. The molecule has 1 saturated heterocycles. The fourth-order valence-corrected chi connectivity index (χ4v) is 2.37. The summed E-state index contributed by atoms with van der Waals surface area (Å²) >= 11 is 0. The molecule has 1 aromatic rings. The maximum absolute atomic E-state index is 11.0. The highest BCUT2D eigenvalue weighted by Gasteiger charge is 2.16. The van der Waals surface area contributed by atoms with Crippen LogP contribution in [0.2, 0.25) is 0 Å². The van der Waals surface area contributed by atoms with Crippen LogP contribution in [0, 0.1) is 17.0 Å². The molecule has 1 aliphatic heterocycles. The largest absolute Gasteiger partial charge is 0.487 e. The van der Waals surface area contributed by atoms with Gasteiger partial charge in [-0.3, -0.25) is 10.1 Å². The van der Waals surface area contributed by atoms with Gasteiger partial charge in [-0.25, -0.2) is 0 Å². The molecule has 0 unspecified atom stereocenters. The Morgan fingerprint density at radius 3 is 3.00 bits per heavy atom. The van der Waals surface area contributed by atoms with Crippen LogP contribution in [0.3, 0.4) is 0 Å². The van der Waals surface area contributed by atoms with Gasteiger partial charge in [-0.05, 0) is 44.4 Å². The number of nitro benzene ring substituents is 1. The summed E-state index contributed by atoms with van der Waals surface area (Å²) in [4.78, 5) is 10.6. The molecule has 0 saturated carbocycles. The van der Waals surface area contributed by atoms with E-state index in [9.17, 15) is 10.1 Å². The SMILES string of the molecule is Cc1ccc(OCC[C@@H]2CCCCN2)c([N+](=O)[O-])c1. The van der Waals surface area contributed by atoms with Crippen molar-refractivity contribution < 1.29 is 9.66 Å². The zero-order valence-corrected chi connectivity index (χ0v) is 11.2. The quantitative estimate of drug-likeness (QED) is 0.656. The van der Waals surface area contributed by atoms with Crippen LogP contribution in [0.4, 0.5) is 5.69 Å². The Morgan fingerprint density at radius 2 is 2.32 bits per heavy atom. The summed E-state index contributed by atoms with van der Waals surface area (Å²) in [6.45, 7) is 3.42. The molecule has 104 valence electrons. The zero-order chi connectivity index (χ0) is 13.7. The van der Waals surface area contributed by atoms with Gasteiger partial charge in [0.05, 0.1) is 11.5 Å². The van der Waals surface area contributed by atoms with E-state index >= 15 is 0 Å². The third-order valence-corrected chi connectivity index (χ3v) is 3.45. The van der Waals surface area contributed by atoms with Gasteiger partial charge in [-0.1, -0.05) is 12.5 Å². The predicted molar refractivity (Wildman–Crippen MR) is 73.6 cm³/mol. The fraction of sp³-hybridized carbons (Fsp3) is 0.571. The van der Waals surface area contributed by atoms with E-state index in [4.69, 9.17) is 4.74 Å². The highest BCUT2D eigenvalue weighted by atomic mass is 16.6. The summed E-state index contributed by atoms with van der Waals surface area (Å²) in [5.74, 6) is 0.367. The van der Waals surface area contributed by atoms with Gasteiger partial charge >= 0.3 is 5.69 Å². The van der Waals surface area contributed by atoms with E-state index in [0.29, 0.717) is 18.4 Å². The van der Waals surface area contributed by atoms with Crippen LogP contribution >= 0.6 is 0 Å². The summed E-state index contributed by atoms with van der Waals surface area (Å²) in [7, 11) is 0. The Labute approximate surface area is 113 Å². The van der Waals surface area contributed by atoms with Gasteiger partial charge in [0.2, 0.25) is 0 Å². The number of aryl methyl sites for hydroxylation is 1. The van der Waals surface area contributed by atoms with Gasteiger partial charge in [0.1, 0.15) is 0 Å². The van der Waals surface area contributed by atoms with Crippen LogP contribution in [-0.2, 0) is 0 Å². The number of piperidine rings is 1. The van der Waals surface area contributed by atoms with E-state index < -0.39 is 0 Å². The molecular formula is C14H20N2O3. The van der Waals surface area contributed by atoms with Crippen molar-refractivity contribution in [1.82, 2.24) is 5.32 Å². The molecule has 0 aromatic heterocycles. The van der Waals surface area contributed by atoms with Gasteiger partial charge in [-0.2, -0.15) is 0 Å². The number of ether oxygens (including phenoxy) is 1. The van der Waals surface area contributed by atoms with Crippen molar-refractivity contribution >= 4 is 5.69 Å². The average molecular weight is 264 g/mol. The van der Waals surface area contributed by atoms with E-state index in [-0.39, 0.29) is 10.6 Å². The van der Waals surface area contributed by atoms with Gasteiger partial charge in [0.25, 0.3) is 0 Å². The Morgan fingerprint density at radius 1 is 1.47 bits per heavy atom. The highest BCUT2D eigenvalue weighted by molar-refractivity contribution is 5.48. The second-order valence-corrected chi connectivity index (χ2v) is 5.01. The molecule has 1 N–H and O–H groups in total. The molecule has 1 atom stereocenters. The third kappa shape index (κ3) is 3.92. The van der Waals surface area contributed by atoms with Gasteiger partial charge in [0.15, 0.2) is 5.75 Å². The molecule has 19 heavy (non-hydrogen) atoms. The summed E-state index contributed by atoms with van der Waals surface area (Å²) in [5, 5.41) is 14.4. The number of rotatable bonds is 5. The van der Waals surface area contributed by atoms with E-state index in [1.807, 2.05) is 13.0 Å². The lowest BCUT2D eigenvalue weighted by Gasteiger charge is -2.23. The van der Waals surface area contributed by atoms with Crippen LogP contribution in [0.25, 0.3) is 0 Å². The maximum Gasteiger partial charge on any atom is 0.311 e. The first-order valence-corrected chi connectivity index (χ1v) is 6.78. The molecule has 5 heteroatoms. The number of benzene rings is 1. The zero-order valence-electron chi connectivity index (χ0n) is 11.2. The van der Waals surface area contributed by atoms with Crippen molar-refractivity contribution in [3.05, 3.63) is 33.9 Å². The monoisotopic (exact) mass is 264 g/mol. The maximum atomic E-state index is 11.0. The lowest BCUT2D eigenvalue weighted by Crippen LogP contribution is -2.35. The first-order valence-electron chi connectivity index (χ1n) is 6.78. The Balaban J connectivity index is 1.89. The number of nitrogens with zero attached hydrogens (tertiary/aromatic N) is 1. The van der Waals surface area contributed by atoms with Crippen LogP contribution in [0.15, 0.2) is 18.2 Å². The smallest absolute Gasteiger partial charge is 0.311 e. The third-order valence-electron chi connectivity index (χ3n) is 3.45. The van der Waals surface area contributed by atoms with E-state index in [0.717, 1.165) is 18.5 Å². The number of hydrogen-bond donors (Lipinski definition) is 1. The van der Waals surface area contributed by atoms with Gasteiger partial charge in [0, 0.05) is 12.1 Å². The van der Waals surface area contributed by atoms with Crippen LogP contribution < -0.4 is 10.1 Å². The van der Waals surface area contributed by atoms with Gasteiger partial charge in [-0.15, -0.1) is 0 Å². The van der Waals surface area contributed by atoms with Gasteiger partial charge < -0.3 is 10.1 Å². The van der Waals surface area contributed by atoms with E-state index in [2.05, 4.69) is 5.32 Å². The van der Waals surface area contributed by atoms with Crippen molar-refractivity contribution in [1.29, 1.82) is 0 Å². The molecule has 2 rings (SSSR count). The molecule has 1 aromatic carbocycles. The molecule has 1 aliphatic rings. The van der Waals surface area contributed by atoms with Crippen LogP contribution in [-0.4, -0.2) is 24.1 Å². The predicted octanol–water partition coefficient (Wildman–Crippen LogP) is 2.81. The molecule has 0 bridgehead atoms. The first kappa shape index (κ1) is 13.8. The van der Waals surface area contributed by atoms with Crippen molar-refractivity contribution in [2.24, 2.45) is 0 Å². The standard InChI is InChI=1S/C14H20N2O3/c1-11-5-6-14(13(10-11)16(17)18)19-9-7-12-4-2-3-8-15-12/h5-6,10,12,15H,2-4,7-9H2,1H3/t12-/m0/s1. The minimum atomic E-state index is -0.388. The minimum absolute atomic E-state index is 0.0524. The fourth-order valence-electron chi connectivity index (χ4n) is 2.37. The topological polar surface area (TPSA) is 64.4 Å². The Hall–Kier alpha value is -1.62. The summed E-state index contributed by atoms with van der Waals surface area (Å²) in [6.07, 6.45) is 4.55. The molecule has 0 aliphatic carbocycles. The minimum Gasteiger partial charge on any atom is -0.487 e. The number of hydrogen-bond acceptors (Lipinski definition) is 4. The van der Waals surface area contributed by atoms with Crippen molar-refractivity contribution in [3.8, 4) is 5.75 Å². The molecule has 0 radical (unpaired) electrons. The van der Waals surface area contributed by atoms with Crippen LogP contribution in [0.5, 0.6) is 5.75 Å². The second kappa shape index (κ2) is 6.52. The lowest BCUT2D eigenvalue weighted by atomic mass is 10.0. The summed E-state index contributed by atoms with van der Waals surface area (Å²) in [6, 6.07) is 5.55. The molecular weight excluding hydrogens is 244 g/mol. The van der Waals surface area contributed by atoms with Crippen molar-refractivity contribution in [2.75, 3.05) is 13.2 Å². The lowest BCUT2D eigenvalue weighted by molar-refractivity contribution is -0.385. The van der Waals surface area contributed by atoms with Crippen LogP contribution in [0.1, 0.15) is 31.2 Å². The van der Waals surface area contributed by atoms with Crippen molar-refractivity contribution in [3.63, 3.8) is 0 Å². The number of nitrogens with one attached hydrogen (secondary N) is 1. The molecule has 0 spiro atoms. The number of nitro groups is 1. The normalized spacial score (nSPS) is 19.1. The Kier molecular flexibility index (Phi) is 4.74. The second-order valence-electron chi connectivity index (χ2n) is 5.01. The average Bonchev–Trinajstić information content (AvgIpc) is 2.41. The van der Waals surface area contributed by atoms with Crippen molar-refractivity contribution in [2.45, 2.75) is 38.6 Å². The molecule has 5 nitrogen and oxygen atoms in total. The van der Waals surface area contributed by atoms with E-state index in [1.54, 1.807) is 12.1 Å². The van der Waals surface area contributed by atoms with E-state index in [1.165, 1.54) is 19.3 Å². The Bertz CT molecular complexity index is 442. The highest BCUT2D eigenvalue weighted by Crippen LogP contribution is 2.28.